The van der Waals surface area contributed by atoms with Crippen molar-refractivity contribution in [2.75, 3.05) is 6.54 Å². The Hall–Kier alpha value is -1.36. The molecule has 6 aliphatic rings. The fourth-order valence-corrected chi connectivity index (χ4v) is 14.0. The fourth-order valence-electron chi connectivity index (χ4n) is 14.0. The van der Waals surface area contributed by atoms with Crippen LogP contribution in [0.5, 0.6) is 0 Å². The first kappa shape index (κ1) is 35.5. The molecule has 0 aromatic carbocycles. The monoisotopic (exact) mass is 652 g/mol. The molecule has 6 rings (SSSR count). The molecule has 0 spiro atoms. The van der Waals surface area contributed by atoms with Gasteiger partial charge in [0.15, 0.2) is 0 Å². The van der Waals surface area contributed by atoms with Crippen molar-refractivity contribution in [2.45, 2.75) is 170 Å². The van der Waals surface area contributed by atoms with Crippen molar-refractivity contribution in [3.63, 3.8) is 0 Å². The van der Waals surface area contributed by atoms with Crippen molar-refractivity contribution in [3.8, 4) is 0 Å². The van der Waals surface area contributed by atoms with E-state index in [1.165, 1.54) is 89.2 Å². The Bertz CT molecular complexity index is 1230. The first-order valence-electron chi connectivity index (χ1n) is 19.7. The fraction of sp³-hybridized carbons (Fsp3) is 0.905. The lowest BCUT2D eigenvalue weighted by atomic mass is 9.32. The van der Waals surface area contributed by atoms with E-state index in [1.807, 2.05) is 13.8 Å². The molecule has 0 aliphatic heterocycles. The van der Waals surface area contributed by atoms with Crippen molar-refractivity contribution in [2.24, 2.45) is 62.1 Å². The molecule has 6 fully saturated rings. The molecule has 0 saturated heterocycles. The number of aliphatic carboxylic acids is 1. The lowest BCUT2D eigenvalue weighted by molar-refractivity contribution is -0.250. The molecule has 0 aromatic heterocycles. The van der Waals surface area contributed by atoms with Crippen molar-refractivity contribution in [3.05, 3.63) is 12.2 Å². The van der Waals surface area contributed by atoms with E-state index in [-0.39, 0.29) is 35.7 Å². The third-order valence-corrected chi connectivity index (χ3v) is 16.6. The van der Waals surface area contributed by atoms with Crippen LogP contribution in [0.15, 0.2) is 12.2 Å². The van der Waals surface area contributed by atoms with Gasteiger partial charge in [0.05, 0.1) is 12.8 Å². The van der Waals surface area contributed by atoms with Crippen LogP contribution in [0.4, 0.5) is 0 Å². The molecule has 0 radical (unpaired) electrons. The Morgan fingerprint density at radius 3 is 2.23 bits per heavy atom. The summed E-state index contributed by atoms with van der Waals surface area (Å²) in [6.45, 7) is 24.7. The molecule has 2 N–H and O–H groups in total. The van der Waals surface area contributed by atoms with E-state index in [4.69, 9.17) is 4.74 Å². The number of hydrogen-bond acceptors (Lipinski definition) is 4. The minimum absolute atomic E-state index is 0.0242. The molecule has 6 aliphatic carbocycles. The van der Waals surface area contributed by atoms with Crippen molar-refractivity contribution in [1.82, 2.24) is 5.32 Å². The molecule has 266 valence electrons. The highest BCUT2D eigenvalue weighted by atomic mass is 16.5. The number of ether oxygens (including phenoxy) is 1. The number of carbonyl (C=O) groups excluding carboxylic acids is 1. The summed E-state index contributed by atoms with van der Waals surface area (Å²) >= 11 is 0. The van der Waals surface area contributed by atoms with Crippen molar-refractivity contribution < 1.29 is 19.4 Å². The first-order chi connectivity index (χ1) is 21.9. The van der Waals surface area contributed by atoms with Crippen molar-refractivity contribution >= 4 is 11.9 Å². The van der Waals surface area contributed by atoms with Gasteiger partial charge in [0.1, 0.15) is 6.10 Å². The maximum Gasteiger partial charge on any atom is 0.306 e. The standard InChI is InChI=1S/C42H69NO4/c1-27(2)29-15-21-42(18-10-24-43-28-11-12-28)23-22-40(8)30(36(29)42)13-14-32-39(7)19-17-33(38(5,6)31(39)16-20-41(32,40)9)47-35(46)26-37(3,4)25-34(44)45/h28-33,36,43H,1,10-26H2,2-9H3,(H,44,45)/t29-,30+,31-,32+,33-,36+,39-,40+,41+,42+/m0/s1. The minimum Gasteiger partial charge on any atom is -0.481 e. The molecular weight excluding hydrogens is 582 g/mol. The Morgan fingerprint density at radius 2 is 1.57 bits per heavy atom. The predicted octanol–water partition coefficient (Wildman–Crippen LogP) is 9.98. The summed E-state index contributed by atoms with van der Waals surface area (Å²) in [7, 11) is 0. The Labute approximate surface area is 287 Å². The number of rotatable bonds is 11. The highest BCUT2D eigenvalue weighted by molar-refractivity contribution is 5.73. The normalized spacial score (nSPS) is 44.0. The van der Waals surface area contributed by atoms with Crippen LogP contribution in [-0.4, -0.2) is 35.7 Å². The second kappa shape index (κ2) is 12.2. The zero-order valence-electron chi connectivity index (χ0n) is 31.4. The topological polar surface area (TPSA) is 75.6 Å². The van der Waals surface area contributed by atoms with E-state index in [2.05, 4.69) is 53.4 Å². The van der Waals surface area contributed by atoms with Crippen LogP contribution in [0, 0.1) is 62.1 Å². The molecule has 0 heterocycles. The summed E-state index contributed by atoms with van der Waals surface area (Å²) in [5, 5.41) is 13.1. The van der Waals surface area contributed by atoms with Gasteiger partial charge in [-0.2, -0.15) is 0 Å². The molecule has 0 aromatic rings. The number of nitrogens with one attached hydrogen (secondary N) is 1. The quantitative estimate of drug-likeness (QED) is 0.132. The molecule has 0 unspecified atom stereocenters. The molecule has 47 heavy (non-hydrogen) atoms. The van der Waals surface area contributed by atoms with Crippen LogP contribution < -0.4 is 5.32 Å². The van der Waals surface area contributed by atoms with Crippen LogP contribution in [-0.2, 0) is 14.3 Å². The van der Waals surface area contributed by atoms with Gasteiger partial charge in [-0.1, -0.05) is 60.6 Å². The van der Waals surface area contributed by atoms with Gasteiger partial charge in [0, 0.05) is 11.5 Å². The van der Waals surface area contributed by atoms with E-state index in [9.17, 15) is 14.7 Å². The van der Waals surface area contributed by atoms with Crippen LogP contribution in [0.2, 0.25) is 0 Å². The average Bonchev–Trinajstić information content (AvgIpc) is 3.70. The molecule has 0 bridgehead atoms. The maximum absolute atomic E-state index is 13.2. The largest absolute Gasteiger partial charge is 0.481 e. The molecule has 5 nitrogen and oxygen atoms in total. The Kier molecular flexibility index (Phi) is 9.17. The number of carboxylic acids is 1. The van der Waals surface area contributed by atoms with E-state index in [1.54, 1.807) is 0 Å². The van der Waals surface area contributed by atoms with E-state index in [0.29, 0.717) is 34.0 Å². The lowest BCUT2D eigenvalue weighted by Crippen LogP contribution is -2.66. The predicted molar refractivity (Wildman–Crippen MR) is 190 cm³/mol. The summed E-state index contributed by atoms with van der Waals surface area (Å²) in [6, 6.07) is 0.805. The number of allylic oxidation sites excluding steroid dienone is 1. The van der Waals surface area contributed by atoms with E-state index in [0.717, 1.165) is 30.7 Å². The van der Waals surface area contributed by atoms with Gasteiger partial charge in [-0.05, 0) is 160 Å². The van der Waals surface area contributed by atoms with Crippen LogP contribution in [0.1, 0.15) is 158 Å². The highest BCUT2D eigenvalue weighted by Crippen LogP contribution is 2.78. The van der Waals surface area contributed by atoms with Gasteiger partial charge < -0.3 is 15.2 Å². The van der Waals surface area contributed by atoms with Gasteiger partial charge in [0.25, 0.3) is 0 Å². The van der Waals surface area contributed by atoms with Gasteiger partial charge >= 0.3 is 11.9 Å². The number of esters is 1. The number of fused-ring (bicyclic) bond motifs is 7. The van der Waals surface area contributed by atoms with Crippen molar-refractivity contribution in [1.29, 1.82) is 0 Å². The SMILES string of the molecule is C=C(C)[C@@H]1CC[C@]2(CCCNC3CC3)CC[C@]3(C)[C@H](CC[C@@H]4[C@@]5(C)CC[C@H](OC(=O)CC(C)(C)CC(=O)O)C(C)(C)[C@@H]5CC[C@]43C)[C@@H]12. The second-order valence-corrected chi connectivity index (χ2v) is 20.1. The van der Waals surface area contributed by atoms with E-state index >= 15 is 0 Å². The third-order valence-electron chi connectivity index (χ3n) is 16.6. The smallest absolute Gasteiger partial charge is 0.306 e. The summed E-state index contributed by atoms with van der Waals surface area (Å²) in [5.41, 5.74) is 2.15. The van der Waals surface area contributed by atoms with Gasteiger partial charge in [-0.3, -0.25) is 9.59 Å². The third kappa shape index (κ3) is 5.97. The number of carbonyl (C=O) groups is 2. The zero-order valence-corrected chi connectivity index (χ0v) is 31.4. The molecule has 10 atom stereocenters. The second-order valence-electron chi connectivity index (χ2n) is 20.1. The van der Waals surface area contributed by atoms with E-state index < -0.39 is 11.4 Å². The number of hydrogen-bond donors (Lipinski definition) is 2. The summed E-state index contributed by atoms with van der Waals surface area (Å²) < 4.78 is 6.29. The van der Waals surface area contributed by atoms with Gasteiger partial charge in [-0.15, -0.1) is 0 Å². The summed E-state index contributed by atoms with van der Waals surface area (Å²) in [6.07, 6.45) is 18.3. The average molecular weight is 652 g/mol. The molecular formula is C42H69NO4. The maximum atomic E-state index is 13.2. The molecule has 5 heteroatoms. The highest BCUT2D eigenvalue weighted by Gasteiger charge is 2.71. The minimum atomic E-state index is -0.863. The van der Waals surface area contributed by atoms with Crippen LogP contribution in [0.3, 0.4) is 0 Å². The molecule has 6 saturated carbocycles. The zero-order chi connectivity index (χ0) is 34.2. The van der Waals surface area contributed by atoms with Gasteiger partial charge in [-0.25, -0.2) is 0 Å². The Balaban J connectivity index is 1.21. The Morgan fingerprint density at radius 1 is 0.851 bits per heavy atom. The molecule has 0 amide bonds. The first-order valence-corrected chi connectivity index (χ1v) is 19.7. The van der Waals surface area contributed by atoms with Gasteiger partial charge in [0.2, 0.25) is 0 Å². The van der Waals surface area contributed by atoms with Crippen LogP contribution >= 0.6 is 0 Å². The lowest BCUT2D eigenvalue weighted by Gasteiger charge is -2.73. The summed E-state index contributed by atoms with van der Waals surface area (Å²) in [5.74, 6) is 2.39. The number of carboxylic acid groups (broad SMARTS) is 1. The van der Waals surface area contributed by atoms with Crippen LogP contribution in [0.25, 0.3) is 0 Å². The summed E-state index contributed by atoms with van der Waals surface area (Å²) in [4.78, 5) is 24.6.